The van der Waals surface area contributed by atoms with Crippen molar-refractivity contribution in [1.29, 1.82) is 0 Å². The molecule has 5 N–H and O–H groups in total. The summed E-state index contributed by atoms with van der Waals surface area (Å²) in [6.07, 6.45) is 2.83. The molecule has 0 radical (unpaired) electrons. The van der Waals surface area contributed by atoms with Crippen molar-refractivity contribution >= 4 is 39.5 Å². The summed E-state index contributed by atoms with van der Waals surface area (Å²) < 4.78 is 39.6. The number of aromatic carboxylic acids is 1. The summed E-state index contributed by atoms with van der Waals surface area (Å²) in [4.78, 5) is 53.3. The van der Waals surface area contributed by atoms with E-state index in [4.69, 9.17) is 15.2 Å². The largest absolute Gasteiger partial charge is 0.477 e. The van der Waals surface area contributed by atoms with Crippen molar-refractivity contribution < 1.29 is 42.2 Å². The van der Waals surface area contributed by atoms with Gasteiger partial charge in [-0.05, 0) is 108 Å². The number of ether oxygens (including phenoxy) is 2. The summed E-state index contributed by atoms with van der Waals surface area (Å²) in [5, 5.41) is 16.4. The molecule has 16 heteroatoms. The molecule has 296 valence electrons. The monoisotopic (exact) mass is 778 g/mol. The van der Waals surface area contributed by atoms with Crippen molar-refractivity contribution in [2.24, 2.45) is 11.7 Å². The van der Waals surface area contributed by atoms with Crippen LogP contribution in [0.2, 0.25) is 0 Å². The van der Waals surface area contributed by atoms with Crippen molar-refractivity contribution in [3.63, 3.8) is 0 Å². The van der Waals surface area contributed by atoms with Crippen molar-refractivity contribution in [2.75, 3.05) is 0 Å². The Morgan fingerprint density at radius 1 is 1.00 bits per heavy atom. The van der Waals surface area contributed by atoms with E-state index in [9.17, 15) is 32.7 Å². The van der Waals surface area contributed by atoms with Gasteiger partial charge < -0.3 is 25.6 Å². The highest BCUT2D eigenvalue weighted by Crippen LogP contribution is 2.35. The minimum Gasteiger partial charge on any atom is -0.477 e. The zero-order chi connectivity index (χ0) is 41.0. The van der Waals surface area contributed by atoms with Gasteiger partial charge in [0.2, 0.25) is 10.0 Å². The summed E-state index contributed by atoms with van der Waals surface area (Å²) in [5.41, 5.74) is 8.43. The van der Waals surface area contributed by atoms with Crippen molar-refractivity contribution in [2.45, 2.75) is 110 Å². The second-order valence-electron chi connectivity index (χ2n) is 15.5. The summed E-state index contributed by atoms with van der Waals surface area (Å²) in [6, 6.07) is 11.4. The van der Waals surface area contributed by atoms with E-state index in [1.54, 1.807) is 52.8 Å². The van der Waals surface area contributed by atoms with Gasteiger partial charge in [0, 0.05) is 18.7 Å². The maximum Gasteiger partial charge on any atom is 0.354 e. The Morgan fingerprint density at radius 3 is 2.27 bits per heavy atom. The Morgan fingerprint density at radius 2 is 1.67 bits per heavy atom. The molecule has 0 aliphatic heterocycles. The fraction of sp³-hybridized carbons (Fsp3) is 0.436. The number of nitrogens with one attached hydrogen (secondary N) is 2. The van der Waals surface area contributed by atoms with Crippen LogP contribution >= 0.6 is 0 Å². The molecular weight excluding hydrogens is 729 g/mol. The first-order chi connectivity index (χ1) is 25.5. The van der Waals surface area contributed by atoms with Gasteiger partial charge in [0.15, 0.2) is 11.3 Å². The number of hydrogen-bond donors (Lipinski definition) is 4. The molecule has 1 aliphatic rings. The van der Waals surface area contributed by atoms with Gasteiger partial charge in [-0.2, -0.15) is 9.82 Å². The van der Waals surface area contributed by atoms with Crippen molar-refractivity contribution in [3.8, 4) is 0 Å². The summed E-state index contributed by atoms with van der Waals surface area (Å²) >= 11 is 0. The quantitative estimate of drug-likeness (QED) is 0.158. The fourth-order valence-electron chi connectivity index (χ4n) is 5.90. The van der Waals surface area contributed by atoms with Crippen LogP contribution in [0.15, 0.2) is 59.6 Å². The minimum absolute atomic E-state index is 0.0784. The van der Waals surface area contributed by atoms with Gasteiger partial charge in [-0.1, -0.05) is 32.0 Å². The number of hydrogen-bond acceptors (Lipinski definition) is 11. The predicted molar refractivity (Wildman–Crippen MR) is 204 cm³/mol. The Kier molecular flexibility index (Phi) is 12.9. The molecule has 5 rings (SSSR count). The molecule has 55 heavy (non-hydrogen) atoms. The lowest BCUT2D eigenvalue weighted by Gasteiger charge is -2.26. The standard InChI is InChI=1S/C23H24N4O5.C16H26N2O4S/c1-12-13-7-8-16(15(13)6-5-14(12)22(31)32-23(2,3)4)26-20(28)18-11-17(21(29)30)25-19-9-10-24-27(18)19;1-11(2)14(15(19)22-16(3,4)5)18-23(20,21)13-8-6-7-12(9-13)10-17/h5-6,9-11,16H,7-8H2,1-4H3,(H,26,28)(H,29,30);6-9,11,14,18H,10,17H2,1-5H3/t16-;14-/m00/s1. The molecule has 1 aliphatic carbocycles. The van der Waals surface area contributed by atoms with E-state index >= 15 is 0 Å². The van der Waals surface area contributed by atoms with Crippen LogP contribution in [0.5, 0.6) is 0 Å². The molecule has 0 spiro atoms. The maximum atomic E-state index is 13.0. The highest BCUT2D eigenvalue weighted by molar-refractivity contribution is 7.89. The molecular formula is C39H50N6O9S. The molecule has 2 aromatic carbocycles. The molecule has 0 fully saturated rings. The van der Waals surface area contributed by atoms with Gasteiger partial charge in [-0.15, -0.1) is 0 Å². The van der Waals surface area contributed by atoms with Crippen LogP contribution in [0, 0.1) is 12.8 Å². The average molecular weight is 779 g/mol. The maximum absolute atomic E-state index is 13.0. The van der Waals surface area contributed by atoms with Crippen LogP contribution in [0.25, 0.3) is 5.65 Å². The van der Waals surface area contributed by atoms with Crippen LogP contribution in [-0.4, -0.2) is 69.2 Å². The molecule has 15 nitrogen and oxygen atoms in total. The van der Waals surface area contributed by atoms with Crippen molar-refractivity contribution in [1.82, 2.24) is 24.6 Å². The van der Waals surface area contributed by atoms with E-state index in [-0.39, 0.29) is 46.4 Å². The number of nitrogens with two attached hydrogens (primary N) is 1. The number of carbonyl (C=O) groups excluding carboxylic acids is 3. The lowest BCUT2D eigenvalue weighted by molar-refractivity contribution is -0.158. The average Bonchev–Trinajstić information content (AvgIpc) is 3.73. The number of amides is 1. The number of carboxylic acid groups (broad SMARTS) is 1. The van der Waals surface area contributed by atoms with Gasteiger partial charge in [-0.25, -0.2) is 27.5 Å². The van der Waals surface area contributed by atoms with Gasteiger partial charge in [-0.3, -0.25) is 9.59 Å². The first-order valence-corrected chi connectivity index (χ1v) is 19.3. The Bertz CT molecular complexity index is 2200. The molecule has 0 saturated carbocycles. The molecule has 1 amide bonds. The van der Waals surface area contributed by atoms with E-state index in [0.717, 1.165) is 16.7 Å². The molecule has 0 bridgehead atoms. The lowest BCUT2D eigenvalue weighted by atomic mass is 9.97. The second kappa shape index (κ2) is 16.7. The molecule has 0 saturated heterocycles. The smallest absolute Gasteiger partial charge is 0.354 e. The first-order valence-electron chi connectivity index (χ1n) is 17.8. The summed E-state index contributed by atoms with van der Waals surface area (Å²) in [7, 11) is -3.84. The van der Waals surface area contributed by atoms with E-state index in [1.807, 2.05) is 33.8 Å². The minimum atomic E-state index is -3.84. The van der Waals surface area contributed by atoms with Gasteiger partial charge in [0.25, 0.3) is 5.91 Å². The fourth-order valence-corrected chi connectivity index (χ4v) is 7.30. The SMILES string of the molecule is CC(C)[C@H](NS(=O)(=O)c1cccc(CN)c1)C(=O)OC(C)(C)C.Cc1c(C(=O)OC(C)(C)C)ccc2c1CC[C@@H]2NC(=O)c1cc(C(=O)O)nc2ccnn12. The Hall–Kier alpha value is -5.19. The number of aromatic nitrogens is 3. The third-order valence-corrected chi connectivity index (χ3v) is 9.92. The zero-order valence-corrected chi connectivity index (χ0v) is 33.4. The van der Waals surface area contributed by atoms with Crippen LogP contribution < -0.4 is 15.8 Å². The Balaban J connectivity index is 0.000000260. The molecule has 4 aromatic rings. The van der Waals surface area contributed by atoms with E-state index in [2.05, 4.69) is 20.1 Å². The third kappa shape index (κ3) is 10.7. The number of sulfonamides is 1. The number of rotatable bonds is 10. The van der Waals surface area contributed by atoms with Gasteiger partial charge in [0.1, 0.15) is 22.9 Å². The topological polar surface area (TPSA) is 221 Å². The number of carbonyl (C=O) groups is 4. The molecule has 2 aromatic heterocycles. The zero-order valence-electron chi connectivity index (χ0n) is 32.6. The third-order valence-electron chi connectivity index (χ3n) is 8.48. The highest BCUT2D eigenvalue weighted by atomic mass is 32.2. The van der Waals surface area contributed by atoms with Crippen LogP contribution in [0.1, 0.15) is 121 Å². The normalized spacial score (nSPS) is 14.8. The van der Waals surface area contributed by atoms with Gasteiger partial charge >= 0.3 is 17.9 Å². The van der Waals surface area contributed by atoms with Gasteiger partial charge in [0.05, 0.1) is 22.7 Å². The van der Waals surface area contributed by atoms with Crippen LogP contribution in [-0.2, 0) is 37.3 Å². The number of esters is 2. The van der Waals surface area contributed by atoms with E-state index in [1.165, 1.54) is 35.0 Å². The van der Waals surface area contributed by atoms with Crippen LogP contribution in [0.4, 0.5) is 0 Å². The summed E-state index contributed by atoms with van der Waals surface area (Å²) in [6.45, 7) is 16.3. The molecule has 2 heterocycles. The first kappa shape index (κ1) is 42.6. The van der Waals surface area contributed by atoms with E-state index in [0.29, 0.717) is 24.0 Å². The number of fused-ring (bicyclic) bond motifs is 2. The molecule has 2 atom stereocenters. The highest BCUT2D eigenvalue weighted by Gasteiger charge is 2.33. The van der Waals surface area contributed by atoms with E-state index < -0.39 is 45.1 Å². The number of carboxylic acids is 1. The predicted octanol–water partition coefficient (Wildman–Crippen LogP) is 4.90. The van der Waals surface area contributed by atoms with Crippen LogP contribution in [0.3, 0.4) is 0 Å². The Labute approximate surface area is 321 Å². The summed E-state index contributed by atoms with van der Waals surface area (Å²) in [5.74, 6) is -2.89. The second-order valence-corrected chi connectivity index (χ2v) is 17.2. The van der Waals surface area contributed by atoms with Crippen molar-refractivity contribution in [3.05, 3.63) is 93.9 Å². The number of nitrogens with zero attached hydrogens (tertiary/aromatic N) is 3. The molecule has 0 unspecified atom stereocenters. The number of benzene rings is 2. The lowest BCUT2D eigenvalue weighted by Crippen LogP contribution is -2.47.